The molecule has 0 N–H and O–H groups in total. The number of fused-ring (bicyclic) bond motifs is 1. The lowest BCUT2D eigenvalue weighted by Crippen LogP contribution is -2.43. The van der Waals surface area contributed by atoms with Gasteiger partial charge < -0.3 is 23.5 Å². The first-order chi connectivity index (χ1) is 15.5. The highest BCUT2D eigenvalue weighted by Crippen LogP contribution is 2.41. The summed E-state index contributed by atoms with van der Waals surface area (Å²) in [6.07, 6.45) is 1.93. The summed E-state index contributed by atoms with van der Waals surface area (Å²) in [6.45, 7) is 2.08. The zero-order chi connectivity index (χ0) is 22.7. The van der Waals surface area contributed by atoms with Crippen LogP contribution < -0.4 is 19.1 Å². The summed E-state index contributed by atoms with van der Waals surface area (Å²) in [5.74, 6) is 1.98. The molecular weight excluding hydrogens is 430 g/mol. The van der Waals surface area contributed by atoms with Crippen LogP contribution in [0.2, 0.25) is 0 Å². The van der Waals surface area contributed by atoms with E-state index in [0.717, 1.165) is 18.5 Å². The van der Waals surface area contributed by atoms with E-state index in [4.69, 9.17) is 18.6 Å². The van der Waals surface area contributed by atoms with Gasteiger partial charge in [-0.1, -0.05) is 30.0 Å². The van der Waals surface area contributed by atoms with Gasteiger partial charge >= 0.3 is 0 Å². The molecule has 0 saturated heterocycles. The van der Waals surface area contributed by atoms with E-state index in [-0.39, 0.29) is 17.7 Å². The predicted octanol–water partition coefficient (Wildman–Crippen LogP) is 4.22. The Hall–Kier alpha value is -3.20. The second-order valence-electron chi connectivity index (χ2n) is 7.36. The Morgan fingerprint density at radius 3 is 2.53 bits per heavy atom. The maximum absolute atomic E-state index is 13.0. The number of carbonyl (C=O) groups is 1. The van der Waals surface area contributed by atoms with Crippen LogP contribution in [0.4, 0.5) is 5.69 Å². The molecule has 0 bridgehead atoms. The summed E-state index contributed by atoms with van der Waals surface area (Å²) in [5, 5.41) is 8.53. The molecule has 168 valence electrons. The lowest BCUT2D eigenvalue weighted by molar-refractivity contribution is -0.116. The molecule has 0 aliphatic carbocycles. The smallest absolute Gasteiger partial charge is 0.277 e. The molecule has 2 heterocycles. The van der Waals surface area contributed by atoms with Gasteiger partial charge in [-0.25, -0.2) is 0 Å². The van der Waals surface area contributed by atoms with Crippen LogP contribution in [-0.2, 0) is 11.2 Å². The highest BCUT2D eigenvalue weighted by Gasteiger charge is 2.28. The number of hydrogen-bond donors (Lipinski definition) is 0. The minimum absolute atomic E-state index is 0.0159. The molecular formula is C23H25N3O5S. The number of hydrogen-bond acceptors (Lipinski definition) is 8. The van der Waals surface area contributed by atoms with Crippen LogP contribution in [0.5, 0.6) is 17.2 Å². The number of aryl methyl sites for hydroxylation is 1. The van der Waals surface area contributed by atoms with Crippen LogP contribution in [-0.4, -0.2) is 49.2 Å². The third-order valence-corrected chi connectivity index (χ3v) is 6.23. The number of thioether (sulfide) groups is 1. The van der Waals surface area contributed by atoms with E-state index in [1.807, 2.05) is 23.1 Å². The number of anilines is 1. The van der Waals surface area contributed by atoms with Crippen molar-refractivity contribution < 1.29 is 23.4 Å². The van der Waals surface area contributed by atoms with Gasteiger partial charge in [0.2, 0.25) is 17.5 Å². The van der Waals surface area contributed by atoms with Gasteiger partial charge in [0, 0.05) is 17.3 Å². The van der Waals surface area contributed by atoms with E-state index in [1.165, 1.54) is 17.3 Å². The SMILES string of the molecule is COc1cc(-c2nnc(SCC(=O)N3c4ccccc4CCC3C)o2)cc(OC)c1OC. The number of nitrogens with zero attached hydrogens (tertiary/aromatic N) is 3. The number of aromatic nitrogens is 2. The number of rotatable bonds is 7. The minimum Gasteiger partial charge on any atom is -0.493 e. The Kier molecular flexibility index (Phi) is 6.55. The van der Waals surface area contributed by atoms with E-state index in [2.05, 4.69) is 23.2 Å². The van der Waals surface area contributed by atoms with E-state index in [1.54, 1.807) is 33.5 Å². The summed E-state index contributed by atoms with van der Waals surface area (Å²) < 4.78 is 21.9. The van der Waals surface area contributed by atoms with E-state index in [0.29, 0.717) is 33.9 Å². The molecule has 2 aromatic carbocycles. The maximum Gasteiger partial charge on any atom is 0.277 e. The second kappa shape index (κ2) is 9.52. The maximum atomic E-state index is 13.0. The van der Waals surface area contributed by atoms with Gasteiger partial charge in [0.1, 0.15) is 0 Å². The number of benzene rings is 2. The first-order valence-corrected chi connectivity index (χ1v) is 11.2. The van der Waals surface area contributed by atoms with Crippen molar-refractivity contribution in [3.63, 3.8) is 0 Å². The van der Waals surface area contributed by atoms with Crippen molar-refractivity contribution in [2.24, 2.45) is 0 Å². The lowest BCUT2D eigenvalue weighted by Gasteiger charge is -2.35. The highest BCUT2D eigenvalue weighted by molar-refractivity contribution is 7.99. The van der Waals surface area contributed by atoms with Crippen molar-refractivity contribution in [2.75, 3.05) is 32.0 Å². The van der Waals surface area contributed by atoms with Crippen LogP contribution in [0.3, 0.4) is 0 Å². The monoisotopic (exact) mass is 455 g/mol. The minimum atomic E-state index is 0.0159. The standard InChI is InChI=1S/C23H25N3O5S/c1-14-9-10-15-7-5-6-8-17(15)26(14)20(27)13-32-23-25-24-22(31-23)16-11-18(28-2)21(30-4)19(12-16)29-3/h5-8,11-12,14H,9-10,13H2,1-4H3. The molecule has 1 aromatic heterocycles. The molecule has 1 unspecified atom stereocenters. The predicted molar refractivity (Wildman–Crippen MR) is 122 cm³/mol. The molecule has 1 amide bonds. The Morgan fingerprint density at radius 1 is 1.12 bits per heavy atom. The zero-order valence-corrected chi connectivity index (χ0v) is 19.3. The van der Waals surface area contributed by atoms with Gasteiger partial charge in [-0.2, -0.15) is 0 Å². The molecule has 0 saturated carbocycles. The molecule has 4 rings (SSSR count). The van der Waals surface area contributed by atoms with Crippen LogP contribution >= 0.6 is 11.8 Å². The van der Waals surface area contributed by atoms with Gasteiger partial charge in [0.05, 0.1) is 27.1 Å². The number of para-hydroxylation sites is 1. The van der Waals surface area contributed by atoms with E-state index >= 15 is 0 Å². The van der Waals surface area contributed by atoms with Crippen LogP contribution in [0, 0.1) is 0 Å². The number of amides is 1. The van der Waals surface area contributed by atoms with Gasteiger partial charge in [0.25, 0.3) is 5.22 Å². The Bertz CT molecular complexity index is 1090. The summed E-state index contributed by atoms with van der Waals surface area (Å²) in [7, 11) is 4.63. The van der Waals surface area contributed by atoms with Crippen molar-refractivity contribution in [3.8, 4) is 28.7 Å². The van der Waals surface area contributed by atoms with Gasteiger partial charge in [-0.3, -0.25) is 4.79 Å². The average Bonchev–Trinajstić information content (AvgIpc) is 3.30. The van der Waals surface area contributed by atoms with Crippen molar-refractivity contribution in [3.05, 3.63) is 42.0 Å². The molecule has 1 atom stereocenters. The summed E-state index contributed by atoms with van der Waals surface area (Å²) in [6, 6.07) is 11.7. The molecule has 0 fully saturated rings. The molecule has 8 nitrogen and oxygen atoms in total. The Labute approximate surface area is 190 Å². The van der Waals surface area contributed by atoms with Crippen molar-refractivity contribution >= 4 is 23.4 Å². The first kappa shape index (κ1) is 22.0. The second-order valence-corrected chi connectivity index (χ2v) is 8.28. The van der Waals surface area contributed by atoms with Crippen LogP contribution in [0.15, 0.2) is 46.0 Å². The summed E-state index contributed by atoms with van der Waals surface area (Å²) >= 11 is 1.22. The number of carbonyl (C=O) groups excluding carboxylic acids is 1. The molecule has 1 aliphatic heterocycles. The van der Waals surface area contributed by atoms with Crippen LogP contribution in [0.1, 0.15) is 18.9 Å². The third kappa shape index (κ3) is 4.25. The summed E-state index contributed by atoms with van der Waals surface area (Å²) in [4.78, 5) is 14.9. The number of methoxy groups -OCH3 is 3. The third-order valence-electron chi connectivity index (χ3n) is 5.43. The fraction of sp³-hybridized carbons (Fsp3) is 0.348. The van der Waals surface area contributed by atoms with E-state index < -0.39 is 0 Å². The fourth-order valence-electron chi connectivity index (χ4n) is 3.85. The van der Waals surface area contributed by atoms with Crippen LogP contribution in [0.25, 0.3) is 11.5 Å². The Morgan fingerprint density at radius 2 is 1.84 bits per heavy atom. The summed E-state index contributed by atoms with van der Waals surface area (Å²) in [5.41, 5.74) is 2.82. The van der Waals surface area contributed by atoms with Crippen molar-refractivity contribution in [1.82, 2.24) is 10.2 Å². The topological polar surface area (TPSA) is 86.9 Å². The lowest BCUT2D eigenvalue weighted by atomic mass is 9.97. The fourth-order valence-corrected chi connectivity index (χ4v) is 4.47. The van der Waals surface area contributed by atoms with Gasteiger partial charge in [-0.05, 0) is 43.5 Å². The van der Waals surface area contributed by atoms with Crippen molar-refractivity contribution in [1.29, 1.82) is 0 Å². The van der Waals surface area contributed by atoms with E-state index in [9.17, 15) is 4.79 Å². The Balaban J connectivity index is 1.49. The molecule has 1 aliphatic rings. The van der Waals surface area contributed by atoms with Crippen molar-refractivity contribution in [2.45, 2.75) is 31.0 Å². The molecule has 32 heavy (non-hydrogen) atoms. The highest BCUT2D eigenvalue weighted by atomic mass is 32.2. The zero-order valence-electron chi connectivity index (χ0n) is 18.5. The molecule has 0 radical (unpaired) electrons. The van der Waals surface area contributed by atoms with Gasteiger partial charge in [0.15, 0.2) is 11.5 Å². The largest absolute Gasteiger partial charge is 0.493 e. The number of ether oxygens (including phenoxy) is 3. The molecule has 0 spiro atoms. The first-order valence-electron chi connectivity index (χ1n) is 10.2. The quantitative estimate of drug-likeness (QED) is 0.490. The normalized spacial score (nSPS) is 15.2. The average molecular weight is 456 g/mol. The van der Waals surface area contributed by atoms with Gasteiger partial charge in [-0.15, -0.1) is 10.2 Å². The molecule has 9 heteroatoms. The molecule has 3 aromatic rings.